The fourth-order valence-electron chi connectivity index (χ4n) is 3.52. The summed E-state index contributed by atoms with van der Waals surface area (Å²) in [4.78, 5) is 27.2. The van der Waals surface area contributed by atoms with E-state index in [0.29, 0.717) is 23.2 Å². The zero-order valence-corrected chi connectivity index (χ0v) is 14.4. The Morgan fingerprint density at radius 1 is 0.960 bits per heavy atom. The number of carbonyl (C=O) groups excluding carboxylic acids is 2. The highest BCUT2D eigenvalue weighted by molar-refractivity contribution is 6.15. The van der Waals surface area contributed by atoms with Crippen LogP contribution in [0.5, 0.6) is 0 Å². The molecule has 1 N–H and O–H groups in total. The van der Waals surface area contributed by atoms with Crippen molar-refractivity contribution in [2.45, 2.75) is 31.3 Å². The number of rotatable bonds is 5. The van der Waals surface area contributed by atoms with Crippen LogP contribution in [-0.4, -0.2) is 40.9 Å². The molecule has 1 saturated carbocycles. The summed E-state index contributed by atoms with van der Waals surface area (Å²) in [6, 6.07) is 15.8. The van der Waals surface area contributed by atoms with Crippen LogP contribution in [0.3, 0.4) is 0 Å². The fourth-order valence-corrected chi connectivity index (χ4v) is 3.52. The van der Waals surface area contributed by atoms with Crippen LogP contribution in [-0.2, 0) is 0 Å². The Bertz CT molecular complexity index is 764. The predicted octanol–water partition coefficient (Wildman–Crippen LogP) is 3.29. The summed E-state index contributed by atoms with van der Waals surface area (Å²) in [5, 5.41) is 10.6. The minimum atomic E-state index is -0.803. The average molecular weight is 337 g/mol. The van der Waals surface area contributed by atoms with Crippen LogP contribution in [0, 0.1) is 0 Å². The lowest BCUT2D eigenvalue weighted by Gasteiger charge is -2.29. The van der Waals surface area contributed by atoms with E-state index in [4.69, 9.17) is 0 Å². The van der Waals surface area contributed by atoms with E-state index in [9.17, 15) is 14.7 Å². The molecule has 4 nitrogen and oxygen atoms in total. The van der Waals surface area contributed by atoms with Gasteiger partial charge in [-0.25, -0.2) is 0 Å². The van der Waals surface area contributed by atoms with E-state index in [2.05, 4.69) is 0 Å². The van der Waals surface area contributed by atoms with Crippen molar-refractivity contribution in [3.63, 3.8) is 0 Å². The second-order valence-corrected chi connectivity index (χ2v) is 6.83. The van der Waals surface area contributed by atoms with Crippen molar-refractivity contribution in [2.24, 2.45) is 0 Å². The Morgan fingerprint density at radius 2 is 1.52 bits per heavy atom. The molecule has 130 valence electrons. The average Bonchev–Trinajstić information content (AvgIpc) is 3.07. The van der Waals surface area contributed by atoms with Crippen molar-refractivity contribution in [3.8, 4) is 0 Å². The summed E-state index contributed by atoms with van der Waals surface area (Å²) >= 11 is 0. The van der Waals surface area contributed by atoms with E-state index in [1.54, 1.807) is 55.6 Å². The van der Waals surface area contributed by atoms with Crippen molar-refractivity contribution in [1.29, 1.82) is 0 Å². The Hall–Kier alpha value is -2.46. The van der Waals surface area contributed by atoms with Gasteiger partial charge in [-0.15, -0.1) is 0 Å². The number of aliphatic hydroxyl groups is 1. The molecule has 0 saturated heterocycles. The highest BCUT2D eigenvalue weighted by atomic mass is 16.3. The van der Waals surface area contributed by atoms with Gasteiger partial charge in [0.05, 0.1) is 11.2 Å². The zero-order valence-electron chi connectivity index (χ0n) is 14.4. The van der Waals surface area contributed by atoms with Crippen molar-refractivity contribution in [3.05, 3.63) is 71.3 Å². The summed E-state index contributed by atoms with van der Waals surface area (Å²) in [7, 11) is 1.68. The largest absolute Gasteiger partial charge is 0.388 e. The first-order chi connectivity index (χ1) is 12.0. The molecule has 0 spiro atoms. The van der Waals surface area contributed by atoms with Gasteiger partial charge in [0, 0.05) is 24.7 Å². The lowest BCUT2D eigenvalue weighted by Crippen LogP contribution is -2.42. The Labute approximate surface area is 148 Å². The van der Waals surface area contributed by atoms with E-state index >= 15 is 0 Å². The van der Waals surface area contributed by atoms with Crippen LogP contribution in [0.15, 0.2) is 54.6 Å². The Balaban J connectivity index is 1.85. The van der Waals surface area contributed by atoms with Crippen LogP contribution >= 0.6 is 0 Å². The van der Waals surface area contributed by atoms with Gasteiger partial charge < -0.3 is 10.0 Å². The molecule has 0 aliphatic heterocycles. The molecule has 0 bridgehead atoms. The molecule has 1 fully saturated rings. The molecule has 3 rings (SSSR count). The van der Waals surface area contributed by atoms with Crippen LogP contribution < -0.4 is 0 Å². The topological polar surface area (TPSA) is 57.6 Å². The minimum Gasteiger partial charge on any atom is -0.388 e. The second-order valence-electron chi connectivity index (χ2n) is 6.83. The van der Waals surface area contributed by atoms with Gasteiger partial charge in [-0.1, -0.05) is 61.4 Å². The predicted molar refractivity (Wildman–Crippen MR) is 96.7 cm³/mol. The highest BCUT2D eigenvalue weighted by Gasteiger charge is 2.34. The molecule has 1 amide bonds. The van der Waals surface area contributed by atoms with Crippen LogP contribution in [0.1, 0.15) is 52.0 Å². The van der Waals surface area contributed by atoms with E-state index in [1.165, 1.54) is 4.90 Å². The monoisotopic (exact) mass is 337 g/mol. The van der Waals surface area contributed by atoms with E-state index < -0.39 is 5.60 Å². The molecule has 0 atom stereocenters. The number of carbonyl (C=O) groups is 2. The van der Waals surface area contributed by atoms with Crippen LogP contribution in [0.4, 0.5) is 0 Å². The molecule has 0 heterocycles. The smallest absolute Gasteiger partial charge is 0.254 e. The summed E-state index contributed by atoms with van der Waals surface area (Å²) in [5.74, 6) is -0.405. The zero-order chi connectivity index (χ0) is 17.9. The molecule has 0 aromatic heterocycles. The number of benzene rings is 2. The maximum Gasteiger partial charge on any atom is 0.254 e. The molecule has 1 aliphatic rings. The highest BCUT2D eigenvalue weighted by Crippen LogP contribution is 2.30. The van der Waals surface area contributed by atoms with Gasteiger partial charge in [-0.05, 0) is 18.9 Å². The van der Waals surface area contributed by atoms with Crippen molar-refractivity contribution < 1.29 is 14.7 Å². The van der Waals surface area contributed by atoms with Crippen molar-refractivity contribution in [2.75, 3.05) is 13.6 Å². The lowest BCUT2D eigenvalue weighted by molar-refractivity contribution is 0.0156. The van der Waals surface area contributed by atoms with Gasteiger partial charge in [0.25, 0.3) is 5.91 Å². The number of likely N-dealkylation sites (N-methyl/N-ethyl adjacent to an activating group) is 1. The summed E-state index contributed by atoms with van der Waals surface area (Å²) in [5.41, 5.74) is 0.521. The van der Waals surface area contributed by atoms with Gasteiger partial charge in [-0.2, -0.15) is 0 Å². The van der Waals surface area contributed by atoms with E-state index in [0.717, 1.165) is 25.7 Å². The number of hydrogen-bond acceptors (Lipinski definition) is 3. The summed E-state index contributed by atoms with van der Waals surface area (Å²) < 4.78 is 0. The first kappa shape index (κ1) is 17.4. The third-order valence-electron chi connectivity index (χ3n) is 4.85. The third-order valence-corrected chi connectivity index (χ3v) is 4.85. The van der Waals surface area contributed by atoms with Gasteiger partial charge in [0.15, 0.2) is 5.78 Å². The van der Waals surface area contributed by atoms with Crippen LogP contribution in [0.25, 0.3) is 0 Å². The third kappa shape index (κ3) is 3.80. The number of nitrogens with zero attached hydrogens (tertiary/aromatic N) is 1. The van der Waals surface area contributed by atoms with Crippen molar-refractivity contribution in [1.82, 2.24) is 4.90 Å². The molecule has 0 radical (unpaired) electrons. The molecule has 4 heteroatoms. The number of hydrogen-bond donors (Lipinski definition) is 1. The first-order valence-electron chi connectivity index (χ1n) is 8.67. The van der Waals surface area contributed by atoms with Gasteiger partial charge in [0.1, 0.15) is 0 Å². The fraction of sp³-hybridized carbons (Fsp3) is 0.333. The van der Waals surface area contributed by atoms with Gasteiger partial charge in [-0.3, -0.25) is 9.59 Å². The lowest BCUT2D eigenvalue weighted by atomic mass is 9.96. The minimum absolute atomic E-state index is 0.169. The number of ketones is 1. The molecule has 1 aliphatic carbocycles. The van der Waals surface area contributed by atoms with Crippen molar-refractivity contribution >= 4 is 11.7 Å². The molecular weight excluding hydrogens is 314 g/mol. The summed E-state index contributed by atoms with van der Waals surface area (Å²) in [6.45, 7) is 0.291. The molecule has 0 unspecified atom stereocenters. The SMILES string of the molecule is CN(CC1(O)CCCC1)C(=O)c1ccccc1C(=O)c1ccccc1. The molecule has 25 heavy (non-hydrogen) atoms. The molecule has 2 aromatic rings. The molecular formula is C21H23NO3. The van der Waals surface area contributed by atoms with Gasteiger partial charge >= 0.3 is 0 Å². The van der Waals surface area contributed by atoms with Gasteiger partial charge in [0.2, 0.25) is 0 Å². The maximum atomic E-state index is 12.9. The standard InChI is InChI=1S/C21H23NO3/c1-22(15-21(25)13-7-8-14-21)20(24)18-12-6-5-11-17(18)19(23)16-9-3-2-4-10-16/h2-6,9-12,25H,7-8,13-15H2,1H3. The Kier molecular flexibility index (Phi) is 5.00. The quantitative estimate of drug-likeness (QED) is 0.852. The first-order valence-corrected chi connectivity index (χ1v) is 8.67. The molecule has 2 aromatic carbocycles. The van der Waals surface area contributed by atoms with E-state index in [-0.39, 0.29) is 11.7 Å². The maximum absolute atomic E-state index is 12.9. The summed E-state index contributed by atoms with van der Waals surface area (Å²) in [6.07, 6.45) is 3.41. The van der Waals surface area contributed by atoms with Crippen LogP contribution in [0.2, 0.25) is 0 Å². The number of amides is 1. The second kappa shape index (κ2) is 7.19. The Morgan fingerprint density at radius 3 is 2.16 bits per heavy atom. The van der Waals surface area contributed by atoms with E-state index in [1.807, 2.05) is 6.07 Å². The normalized spacial score (nSPS) is 15.8.